The lowest BCUT2D eigenvalue weighted by molar-refractivity contribution is -0.118. The Morgan fingerprint density at radius 2 is 1.58 bits per heavy atom. The van der Waals surface area contributed by atoms with Crippen LogP contribution in [0.5, 0.6) is 0 Å². The summed E-state index contributed by atoms with van der Waals surface area (Å²) in [6, 6.07) is 0. The van der Waals surface area contributed by atoms with Crippen LogP contribution < -0.4 is 0 Å². The summed E-state index contributed by atoms with van der Waals surface area (Å²) in [5.74, 6) is 0. The second kappa shape index (κ2) is 7.10. The molecule has 0 aromatic carbocycles. The number of likely N-dealkylation sites (N-methyl/N-ethyl adjacent to an activating group) is 2. The number of nitrogens with zero attached hydrogens (tertiary/aromatic N) is 2. The van der Waals surface area contributed by atoms with Gasteiger partial charge in [-0.05, 0) is 20.0 Å². The zero-order valence-corrected chi connectivity index (χ0v) is 8.42. The zero-order chi connectivity index (χ0) is 9.40. The maximum absolute atomic E-state index is 10.4. The van der Waals surface area contributed by atoms with Crippen LogP contribution in [-0.2, 0) is 4.79 Å². The molecule has 0 aromatic heterocycles. The predicted molar refractivity (Wildman–Crippen MR) is 51.1 cm³/mol. The molecule has 0 N–H and O–H groups in total. The molecule has 0 saturated heterocycles. The Kier molecular flexibility index (Phi) is 6.76. The molecule has 0 rings (SSSR count). The molecule has 0 aliphatic heterocycles. The molecular formula is C9H20N2O. The van der Waals surface area contributed by atoms with Crippen molar-refractivity contribution in [3.8, 4) is 0 Å². The number of hydrogen-bond acceptors (Lipinski definition) is 2. The average Bonchev–Trinajstić information content (AvgIpc) is 2.13. The van der Waals surface area contributed by atoms with Gasteiger partial charge in [-0.25, -0.2) is 0 Å². The van der Waals surface area contributed by atoms with Gasteiger partial charge < -0.3 is 9.80 Å². The molecule has 0 saturated carbocycles. The molecule has 3 nitrogen and oxygen atoms in total. The van der Waals surface area contributed by atoms with Crippen molar-refractivity contribution in [1.29, 1.82) is 0 Å². The van der Waals surface area contributed by atoms with Crippen LogP contribution in [-0.4, -0.2) is 48.9 Å². The molecule has 0 aliphatic rings. The van der Waals surface area contributed by atoms with Gasteiger partial charge in [-0.1, -0.05) is 13.8 Å². The number of hydrogen-bond donors (Lipinski definition) is 0. The second-order valence-corrected chi connectivity index (χ2v) is 2.76. The Bertz CT molecular complexity index is 113. The first-order valence-corrected chi connectivity index (χ1v) is 4.70. The smallest absolute Gasteiger partial charge is 0.209 e. The van der Waals surface area contributed by atoms with Gasteiger partial charge in [0.1, 0.15) is 0 Å². The van der Waals surface area contributed by atoms with Crippen LogP contribution >= 0.6 is 0 Å². The van der Waals surface area contributed by atoms with Crippen molar-refractivity contribution in [2.24, 2.45) is 0 Å². The minimum atomic E-state index is 0.810. The number of carbonyl (C=O) groups is 1. The van der Waals surface area contributed by atoms with Gasteiger partial charge in [-0.2, -0.15) is 0 Å². The third-order valence-corrected chi connectivity index (χ3v) is 2.15. The summed E-state index contributed by atoms with van der Waals surface area (Å²) in [4.78, 5) is 14.5. The lowest BCUT2D eigenvalue weighted by Gasteiger charge is -2.22. The largest absolute Gasteiger partial charge is 0.344 e. The van der Waals surface area contributed by atoms with Gasteiger partial charge in [-0.15, -0.1) is 0 Å². The molecule has 0 aromatic rings. The molecule has 0 fully saturated rings. The van der Waals surface area contributed by atoms with Gasteiger partial charge in [-0.3, -0.25) is 4.79 Å². The van der Waals surface area contributed by atoms with E-state index in [1.807, 2.05) is 6.92 Å². The Morgan fingerprint density at radius 3 is 1.92 bits per heavy atom. The van der Waals surface area contributed by atoms with E-state index in [2.05, 4.69) is 18.7 Å². The lowest BCUT2D eigenvalue weighted by atomic mass is 10.4. The summed E-state index contributed by atoms with van der Waals surface area (Å²) < 4.78 is 0. The van der Waals surface area contributed by atoms with E-state index in [9.17, 15) is 4.79 Å². The van der Waals surface area contributed by atoms with Crippen molar-refractivity contribution in [3.63, 3.8) is 0 Å². The predicted octanol–water partition coefficient (Wildman–Crippen LogP) is 0.806. The van der Waals surface area contributed by atoms with Gasteiger partial charge in [0, 0.05) is 19.6 Å². The first-order valence-electron chi connectivity index (χ1n) is 4.70. The first kappa shape index (κ1) is 11.4. The average molecular weight is 172 g/mol. The van der Waals surface area contributed by atoms with Crippen LogP contribution in [0.1, 0.15) is 20.8 Å². The lowest BCUT2D eigenvalue weighted by Crippen LogP contribution is -2.34. The molecule has 12 heavy (non-hydrogen) atoms. The molecule has 0 unspecified atom stereocenters. The maximum Gasteiger partial charge on any atom is 0.209 e. The minimum absolute atomic E-state index is 0.810. The molecular weight excluding hydrogens is 152 g/mol. The summed E-state index contributed by atoms with van der Waals surface area (Å²) in [5.41, 5.74) is 0. The van der Waals surface area contributed by atoms with Gasteiger partial charge in [0.05, 0.1) is 0 Å². The number of rotatable bonds is 7. The topological polar surface area (TPSA) is 23.6 Å². The molecule has 0 heterocycles. The van der Waals surface area contributed by atoms with Crippen molar-refractivity contribution in [2.45, 2.75) is 20.8 Å². The summed E-state index contributed by atoms with van der Waals surface area (Å²) in [7, 11) is 0. The van der Waals surface area contributed by atoms with E-state index in [-0.39, 0.29) is 0 Å². The van der Waals surface area contributed by atoms with E-state index >= 15 is 0 Å². The van der Waals surface area contributed by atoms with Crippen molar-refractivity contribution >= 4 is 6.41 Å². The minimum Gasteiger partial charge on any atom is -0.344 e. The van der Waals surface area contributed by atoms with E-state index in [1.54, 1.807) is 4.90 Å². The van der Waals surface area contributed by atoms with Crippen LogP contribution in [0.2, 0.25) is 0 Å². The highest BCUT2D eigenvalue weighted by Crippen LogP contribution is 1.88. The molecule has 0 aliphatic carbocycles. The molecule has 3 heteroatoms. The number of amides is 1. The summed E-state index contributed by atoms with van der Waals surface area (Å²) in [6.45, 7) is 11.0. The van der Waals surface area contributed by atoms with Gasteiger partial charge >= 0.3 is 0 Å². The van der Waals surface area contributed by atoms with Crippen LogP contribution in [0.3, 0.4) is 0 Å². The first-order chi connectivity index (χ1) is 5.78. The van der Waals surface area contributed by atoms with Gasteiger partial charge in [0.2, 0.25) is 6.41 Å². The van der Waals surface area contributed by atoms with Crippen LogP contribution in [0.4, 0.5) is 0 Å². The maximum atomic E-state index is 10.4. The fraction of sp³-hybridized carbons (Fsp3) is 0.889. The molecule has 0 radical (unpaired) electrons. The highest BCUT2D eigenvalue weighted by Gasteiger charge is 2.01. The van der Waals surface area contributed by atoms with E-state index in [1.165, 1.54) is 0 Å². The van der Waals surface area contributed by atoms with E-state index in [0.29, 0.717) is 0 Å². The van der Waals surface area contributed by atoms with Gasteiger partial charge in [0.25, 0.3) is 0 Å². The Labute approximate surface area is 75.3 Å². The highest BCUT2D eigenvalue weighted by molar-refractivity contribution is 5.46. The van der Waals surface area contributed by atoms with E-state index in [4.69, 9.17) is 0 Å². The zero-order valence-electron chi connectivity index (χ0n) is 8.42. The summed E-state index contributed by atoms with van der Waals surface area (Å²) in [5, 5.41) is 0. The van der Waals surface area contributed by atoms with Gasteiger partial charge in [0.15, 0.2) is 0 Å². The highest BCUT2D eigenvalue weighted by atomic mass is 16.1. The van der Waals surface area contributed by atoms with Crippen LogP contribution in [0, 0.1) is 0 Å². The van der Waals surface area contributed by atoms with Crippen molar-refractivity contribution in [2.75, 3.05) is 32.7 Å². The molecule has 0 atom stereocenters. The Morgan fingerprint density at radius 1 is 1.00 bits per heavy atom. The van der Waals surface area contributed by atoms with E-state index < -0.39 is 0 Å². The standard InChI is InChI=1S/C9H20N2O/c1-4-10(5-2)7-8-11(6-3)9-12/h9H,4-8H2,1-3H3. The SMILES string of the molecule is CCN(C=O)CCN(CC)CC. The fourth-order valence-corrected chi connectivity index (χ4v) is 1.10. The summed E-state index contributed by atoms with van der Waals surface area (Å²) in [6.07, 6.45) is 0.920. The number of carbonyl (C=O) groups excluding carboxylic acids is 1. The molecule has 72 valence electrons. The monoisotopic (exact) mass is 172 g/mol. The van der Waals surface area contributed by atoms with Crippen molar-refractivity contribution < 1.29 is 4.79 Å². The van der Waals surface area contributed by atoms with E-state index in [0.717, 1.165) is 39.1 Å². The second-order valence-electron chi connectivity index (χ2n) is 2.76. The summed E-state index contributed by atoms with van der Waals surface area (Å²) >= 11 is 0. The van der Waals surface area contributed by atoms with Crippen molar-refractivity contribution in [1.82, 2.24) is 9.80 Å². The quantitative estimate of drug-likeness (QED) is 0.530. The van der Waals surface area contributed by atoms with Crippen molar-refractivity contribution in [3.05, 3.63) is 0 Å². The molecule has 1 amide bonds. The molecule has 0 spiro atoms. The normalized spacial score (nSPS) is 10.3. The third-order valence-electron chi connectivity index (χ3n) is 2.15. The Balaban J connectivity index is 3.55. The van der Waals surface area contributed by atoms with Crippen LogP contribution in [0.15, 0.2) is 0 Å². The van der Waals surface area contributed by atoms with Crippen LogP contribution in [0.25, 0.3) is 0 Å². The Hall–Kier alpha value is -0.570. The fourth-order valence-electron chi connectivity index (χ4n) is 1.10. The third kappa shape index (κ3) is 4.34. The molecule has 0 bridgehead atoms.